The van der Waals surface area contributed by atoms with Gasteiger partial charge in [0.05, 0.1) is 0 Å². The summed E-state index contributed by atoms with van der Waals surface area (Å²) in [5.41, 5.74) is 3.43. The standard InChI is InChI=1S/C20H19NO4/c1-3-13-4-6-16-15(10-13)12(2)19(25-16)20(22)21-14-5-7-17-18(11-14)24-9-8-23-17/h4-7,10-11H,3,8-9H2,1-2H3,(H,21,22). The first-order valence-corrected chi connectivity index (χ1v) is 8.38. The molecule has 2 heterocycles. The lowest BCUT2D eigenvalue weighted by Crippen LogP contribution is -2.16. The van der Waals surface area contributed by atoms with Crippen molar-refractivity contribution in [3.8, 4) is 11.5 Å². The van der Waals surface area contributed by atoms with Crippen LogP contribution in [0, 0.1) is 6.92 Å². The third-order valence-electron chi connectivity index (χ3n) is 4.42. The molecule has 0 atom stereocenters. The SMILES string of the molecule is CCc1ccc2oc(C(=O)Nc3ccc4c(c3)OCCO4)c(C)c2c1. The Bertz CT molecular complexity index is 958. The lowest BCUT2D eigenvalue weighted by molar-refractivity contribution is 0.0998. The normalized spacial score (nSPS) is 13.0. The van der Waals surface area contributed by atoms with Gasteiger partial charge < -0.3 is 19.2 Å². The molecule has 0 aliphatic carbocycles. The van der Waals surface area contributed by atoms with Crippen molar-refractivity contribution < 1.29 is 18.7 Å². The molecule has 1 aromatic heterocycles. The van der Waals surface area contributed by atoms with E-state index in [-0.39, 0.29) is 5.91 Å². The molecule has 0 fully saturated rings. The molecule has 1 aliphatic heterocycles. The van der Waals surface area contributed by atoms with Crippen LogP contribution in [0.3, 0.4) is 0 Å². The van der Waals surface area contributed by atoms with Crippen molar-refractivity contribution >= 4 is 22.6 Å². The minimum atomic E-state index is -0.275. The van der Waals surface area contributed by atoms with Crippen LogP contribution in [0.25, 0.3) is 11.0 Å². The highest BCUT2D eigenvalue weighted by atomic mass is 16.6. The van der Waals surface area contributed by atoms with Gasteiger partial charge in [-0.25, -0.2) is 0 Å². The number of carbonyl (C=O) groups is 1. The minimum absolute atomic E-state index is 0.275. The van der Waals surface area contributed by atoms with Crippen molar-refractivity contribution in [1.29, 1.82) is 0 Å². The summed E-state index contributed by atoms with van der Waals surface area (Å²) in [6.07, 6.45) is 0.944. The number of amides is 1. The van der Waals surface area contributed by atoms with Crippen molar-refractivity contribution in [3.63, 3.8) is 0 Å². The number of aryl methyl sites for hydroxylation is 2. The van der Waals surface area contributed by atoms with E-state index in [1.54, 1.807) is 18.2 Å². The van der Waals surface area contributed by atoms with Gasteiger partial charge in [-0.05, 0) is 43.2 Å². The van der Waals surface area contributed by atoms with Crippen LogP contribution < -0.4 is 14.8 Å². The van der Waals surface area contributed by atoms with Crippen LogP contribution in [0.15, 0.2) is 40.8 Å². The molecule has 5 nitrogen and oxygen atoms in total. The fourth-order valence-corrected chi connectivity index (χ4v) is 3.01. The molecule has 0 unspecified atom stereocenters. The van der Waals surface area contributed by atoms with Crippen LogP contribution in [0.2, 0.25) is 0 Å². The second-order valence-electron chi connectivity index (χ2n) is 6.05. The predicted molar refractivity (Wildman–Crippen MR) is 95.7 cm³/mol. The molecule has 25 heavy (non-hydrogen) atoms. The molecular formula is C20H19NO4. The van der Waals surface area contributed by atoms with Gasteiger partial charge in [-0.1, -0.05) is 13.0 Å². The molecule has 0 bridgehead atoms. The van der Waals surface area contributed by atoms with Gasteiger partial charge in [0.15, 0.2) is 17.3 Å². The molecule has 128 valence electrons. The van der Waals surface area contributed by atoms with Gasteiger partial charge in [-0.2, -0.15) is 0 Å². The molecule has 2 aromatic carbocycles. The first kappa shape index (κ1) is 15.6. The summed E-state index contributed by atoms with van der Waals surface area (Å²) in [7, 11) is 0. The van der Waals surface area contributed by atoms with E-state index < -0.39 is 0 Å². The second kappa shape index (κ2) is 6.16. The van der Waals surface area contributed by atoms with E-state index in [9.17, 15) is 4.79 Å². The summed E-state index contributed by atoms with van der Waals surface area (Å²) in [6.45, 7) is 5.06. The first-order chi connectivity index (χ1) is 12.2. The molecule has 1 amide bonds. The summed E-state index contributed by atoms with van der Waals surface area (Å²) in [4.78, 5) is 12.7. The van der Waals surface area contributed by atoms with E-state index in [1.807, 2.05) is 19.1 Å². The van der Waals surface area contributed by atoms with Gasteiger partial charge in [-0.3, -0.25) is 4.79 Å². The van der Waals surface area contributed by atoms with E-state index in [2.05, 4.69) is 18.3 Å². The topological polar surface area (TPSA) is 60.7 Å². The lowest BCUT2D eigenvalue weighted by Gasteiger charge is -2.18. The second-order valence-corrected chi connectivity index (χ2v) is 6.05. The average Bonchev–Trinajstić information content (AvgIpc) is 2.98. The van der Waals surface area contributed by atoms with E-state index in [4.69, 9.17) is 13.9 Å². The first-order valence-electron chi connectivity index (χ1n) is 8.38. The molecule has 4 rings (SSSR count). The molecule has 0 radical (unpaired) electrons. The monoisotopic (exact) mass is 337 g/mol. The van der Waals surface area contributed by atoms with Gasteiger partial charge in [-0.15, -0.1) is 0 Å². The number of fused-ring (bicyclic) bond motifs is 2. The highest BCUT2D eigenvalue weighted by molar-refractivity contribution is 6.06. The molecule has 0 spiro atoms. The van der Waals surface area contributed by atoms with Gasteiger partial charge in [0.1, 0.15) is 18.8 Å². The van der Waals surface area contributed by atoms with Crippen LogP contribution in [0.4, 0.5) is 5.69 Å². The highest BCUT2D eigenvalue weighted by Crippen LogP contribution is 2.33. The number of hydrogen-bond donors (Lipinski definition) is 1. The Morgan fingerprint density at radius 2 is 1.88 bits per heavy atom. The van der Waals surface area contributed by atoms with E-state index in [1.165, 1.54) is 5.56 Å². The Hall–Kier alpha value is -2.95. The highest BCUT2D eigenvalue weighted by Gasteiger charge is 2.19. The number of furan rings is 1. The van der Waals surface area contributed by atoms with E-state index in [0.29, 0.717) is 36.2 Å². The Kier molecular flexibility index (Phi) is 3.84. The third kappa shape index (κ3) is 2.82. The van der Waals surface area contributed by atoms with E-state index in [0.717, 1.165) is 23.0 Å². The zero-order valence-electron chi connectivity index (χ0n) is 14.2. The number of benzene rings is 2. The summed E-state index contributed by atoms with van der Waals surface area (Å²) in [6, 6.07) is 11.4. The van der Waals surface area contributed by atoms with Gasteiger partial charge in [0, 0.05) is 22.7 Å². The van der Waals surface area contributed by atoms with Crippen LogP contribution in [0.5, 0.6) is 11.5 Å². The van der Waals surface area contributed by atoms with Crippen molar-refractivity contribution in [2.24, 2.45) is 0 Å². The quantitative estimate of drug-likeness (QED) is 0.773. The number of carbonyl (C=O) groups excluding carboxylic acids is 1. The number of hydrogen-bond acceptors (Lipinski definition) is 4. The van der Waals surface area contributed by atoms with Crippen LogP contribution in [-0.4, -0.2) is 19.1 Å². The molecular weight excluding hydrogens is 318 g/mol. The molecule has 1 aliphatic rings. The van der Waals surface area contributed by atoms with Gasteiger partial charge in [0.2, 0.25) is 0 Å². The fraction of sp³-hybridized carbons (Fsp3) is 0.250. The maximum Gasteiger partial charge on any atom is 0.291 e. The number of nitrogens with one attached hydrogen (secondary N) is 1. The zero-order valence-corrected chi connectivity index (χ0v) is 14.2. The molecule has 5 heteroatoms. The summed E-state index contributed by atoms with van der Waals surface area (Å²) >= 11 is 0. The molecule has 0 saturated carbocycles. The maximum absolute atomic E-state index is 12.7. The third-order valence-corrected chi connectivity index (χ3v) is 4.42. The Balaban J connectivity index is 1.63. The molecule has 3 aromatic rings. The fourth-order valence-electron chi connectivity index (χ4n) is 3.01. The van der Waals surface area contributed by atoms with E-state index >= 15 is 0 Å². The largest absolute Gasteiger partial charge is 0.486 e. The van der Waals surface area contributed by atoms with Gasteiger partial charge in [0.25, 0.3) is 5.91 Å². The average molecular weight is 337 g/mol. The predicted octanol–water partition coefficient (Wildman–Crippen LogP) is 4.33. The smallest absolute Gasteiger partial charge is 0.291 e. The molecule has 1 N–H and O–H groups in total. The summed E-state index contributed by atoms with van der Waals surface area (Å²) < 4.78 is 16.8. The van der Waals surface area contributed by atoms with Gasteiger partial charge >= 0.3 is 0 Å². The number of ether oxygens (including phenoxy) is 2. The Labute approximate surface area is 145 Å². The van der Waals surface area contributed by atoms with Crippen molar-refractivity contribution in [1.82, 2.24) is 0 Å². The Morgan fingerprint density at radius 3 is 2.68 bits per heavy atom. The van der Waals surface area contributed by atoms with Crippen molar-refractivity contribution in [2.75, 3.05) is 18.5 Å². The lowest BCUT2D eigenvalue weighted by atomic mass is 10.1. The van der Waals surface area contributed by atoms with Crippen molar-refractivity contribution in [2.45, 2.75) is 20.3 Å². The summed E-state index contributed by atoms with van der Waals surface area (Å²) in [5, 5.41) is 3.85. The Morgan fingerprint density at radius 1 is 1.08 bits per heavy atom. The van der Waals surface area contributed by atoms with Crippen LogP contribution >= 0.6 is 0 Å². The van der Waals surface area contributed by atoms with Crippen LogP contribution in [0.1, 0.15) is 28.6 Å². The number of rotatable bonds is 3. The minimum Gasteiger partial charge on any atom is -0.486 e. The van der Waals surface area contributed by atoms with Crippen LogP contribution in [-0.2, 0) is 6.42 Å². The zero-order chi connectivity index (χ0) is 17.4. The molecule has 0 saturated heterocycles. The van der Waals surface area contributed by atoms with Crippen molar-refractivity contribution in [3.05, 3.63) is 53.3 Å². The maximum atomic E-state index is 12.7. The number of anilines is 1. The summed E-state index contributed by atoms with van der Waals surface area (Å²) in [5.74, 6) is 1.38.